The minimum absolute atomic E-state index is 0.188. The maximum absolute atomic E-state index is 11.9. The van der Waals surface area contributed by atoms with Gasteiger partial charge in [0, 0.05) is 6.54 Å². The number of hydrogen-bond acceptors (Lipinski definition) is 2. The Balaban J connectivity index is 1.75. The van der Waals surface area contributed by atoms with Gasteiger partial charge >= 0.3 is 0 Å². The van der Waals surface area contributed by atoms with E-state index in [9.17, 15) is 4.79 Å². The maximum Gasteiger partial charge on any atom is 0.240 e. The van der Waals surface area contributed by atoms with Crippen molar-refractivity contribution in [1.82, 2.24) is 10.6 Å². The van der Waals surface area contributed by atoms with Crippen molar-refractivity contribution in [3.63, 3.8) is 0 Å². The van der Waals surface area contributed by atoms with Gasteiger partial charge in [0.15, 0.2) is 0 Å². The van der Waals surface area contributed by atoms with Crippen molar-refractivity contribution in [1.29, 1.82) is 0 Å². The first-order chi connectivity index (χ1) is 7.12. The number of amides is 1. The van der Waals surface area contributed by atoms with E-state index in [1.165, 1.54) is 12.8 Å². The molecular weight excluding hydrogens is 188 g/mol. The number of hydrogen-bond donors (Lipinski definition) is 2. The molecule has 2 atom stereocenters. The molecule has 2 rings (SSSR count). The van der Waals surface area contributed by atoms with Crippen molar-refractivity contribution < 1.29 is 4.79 Å². The summed E-state index contributed by atoms with van der Waals surface area (Å²) in [5.41, 5.74) is -0.302. The second-order valence-electron chi connectivity index (χ2n) is 5.39. The van der Waals surface area contributed by atoms with Crippen molar-refractivity contribution in [3.8, 4) is 0 Å². The number of nitrogens with one attached hydrogen (secondary N) is 2. The molecule has 0 aromatic carbocycles. The molecule has 1 aliphatic heterocycles. The van der Waals surface area contributed by atoms with Crippen molar-refractivity contribution in [3.05, 3.63) is 0 Å². The largest absolute Gasteiger partial charge is 0.354 e. The fourth-order valence-electron chi connectivity index (χ4n) is 2.37. The molecular formula is C12H22N2O. The van der Waals surface area contributed by atoms with E-state index in [4.69, 9.17) is 0 Å². The molecule has 15 heavy (non-hydrogen) atoms. The van der Waals surface area contributed by atoms with Gasteiger partial charge < -0.3 is 10.6 Å². The van der Waals surface area contributed by atoms with E-state index >= 15 is 0 Å². The average Bonchev–Trinajstić information content (AvgIpc) is 2.98. The lowest BCUT2D eigenvalue weighted by Crippen LogP contribution is -2.51. The van der Waals surface area contributed by atoms with Crippen LogP contribution in [0.5, 0.6) is 0 Å². The first-order valence-corrected chi connectivity index (χ1v) is 6.15. The van der Waals surface area contributed by atoms with E-state index in [0.29, 0.717) is 5.92 Å². The molecule has 0 spiro atoms. The Morgan fingerprint density at radius 2 is 2.33 bits per heavy atom. The molecule has 1 heterocycles. The van der Waals surface area contributed by atoms with Gasteiger partial charge in [-0.3, -0.25) is 4.79 Å². The highest BCUT2D eigenvalue weighted by atomic mass is 16.2. The van der Waals surface area contributed by atoms with Crippen molar-refractivity contribution >= 4 is 5.91 Å². The summed E-state index contributed by atoms with van der Waals surface area (Å²) in [5, 5.41) is 6.37. The Morgan fingerprint density at radius 1 is 1.60 bits per heavy atom. The third kappa shape index (κ3) is 2.51. The minimum Gasteiger partial charge on any atom is -0.354 e. The molecule has 1 aliphatic carbocycles. The summed E-state index contributed by atoms with van der Waals surface area (Å²) in [6.07, 6.45) is 4.79. The summed E-state index contributed by atoms with van der Waals surface area (Å²) in [5.74, 6) is 1.71. The zero-order chi connectivity index (χ0) is 10.9. The Morgan fingerprint density at radius 3 is 2.87 bits per heavy atom. The van der Waals surface area contributed by atoms with Gasteiger partial charge in [-0.2, -0.15) is 0 Å². The molecule has 0 aromatic heterocycles. The van der Waals surface area contributed by atoms with Gasteiger partial charge in [-0.15, -0.1) is 0 Å². The summed E-state index contributed by atoms with van der Waals surface area (Å²) in [4.78, 5) is 11.9. The Bertz CT molecular complexity index is 242. The van der Waals surface area contributed by atoms with Crippen LogP contribution in [-0.4, -0.2) is 24.5 Å². The SMILES string of the molecule is CC(CNC(=O)C1(C)CCCN1)C1CC1. The summed E-state index contributed by atoms with van der Waals surface area (Å²) in [7, 11) is 0. The Kier molecular flexibility index (Phi) is 3.01. The van der Waals surface area contributed by atoms with E-state index in [2.05, 4.69) is 17.6 Å². The van der Waals surface area contributed by atoms with Crippen LogP contribution in [0.1, 0.15) is 39.5 Å². The monoisotopic (exact) mass is 210 g/mol. The van der Waals surface area contributed by atoms with Gasteiger partial charge in [0.05, 0.1) is 5.54 Å². The molecule has 3 nitrogen and oxygen atoms in total. The average molecular weight is 210 g/mol. The zero-order valence-corrected chi connectivity index (χ0v) is 9.81. The van der Waals surface area contributed by atoms with Gasteiger partial charge in [-0.05, 0) is 51.0 Å². The zero-order valence-electron chi connectivity index (χ0n) is 9.81. The lowest BCUT2D eigenvalue weighted by Gasteiger charge is -2.24. The molecule has 0 aromatic rings. The molecule has 0 bridgehead atoms. The molecule has 1 saturated carbocycles. The molecule has 2 aliphatic rings. The van der Waals surface area contributed by atoms with Gasteiger partial charge in [0.1, 0.15) is 0 Å². The molecule has 2 N–H and O–H groups in total. The second kappa shape index (κ2) is 4.12. The fourth-order valence-corrected chi connectivity index (χ4v) is 2.37. The highest BCUT2D eigenvalue weighted by Gasteiger charge is 2.36. The lowest BCUT2D eigenvalue weighted by molar-refractivity contribution is -0.126. The molecule has 3 heteroatoms. The second-order valence-corrected chi connectivity index (χ2v) is 5.39. The highest BCUT2D eigenvalue weighted by Crippen LogP contribution is 2.36. The first-order valence-electron chi connectivity index (χ1n) is 6.15. The van der Waals surface area contributed by atoms with E-state index in [1.54, 1.807) is 0 Å². The molecule has 0 radical (unpaired) electrons. The summed E-state index contributed by atoms with van der Waals surface area (Å²) in [6.45, 7) is 6.07. The molecule has 2 fully saturated rings. The van der Waals surface area contributed by atoms with Crippen molar-refractivity contribution in [2.45, 2.75) is 45.1 Å². The first kappa shape index (κ1) is 10.9. The standard InChI is InChI=1S/C12H22N2O/c1-9(10-4-5-10)8-13-11(15)12(2)6-3-7-14-12/h9-10,14H,3-8H2,1-2H3,(H,13,15). The molecule has 86 valence electrons. The van der Waals surface area contributed by atoms with E-state index < -0.39 is 0 Å². The predicted molar refractivity (Wildman–Crippen MR) is 60.5 cm³/mol. The third-order valence-electron chi connectivity index (χ3n) is 3.88. The molecule has 1 saturated heterocycles. The van der Waals surface area contributed by atoms with E-state index in [-0.39, 0.29) is 11.4 Å². The van der Waals surface area contributed by atoms with Crippen LogP contribution in [0.2, 0.25) is 0 Å². The van der Waals surface area contributed by atoms with Gasteiger partial charge in [-0.1, -0.05) is 6.92 Å². The smallest absolute Gasteiger partial charge is 0.240 e. The summed E-state index contributed by atoms with van der Waals surface area (Å²) < 4.78 is 0. The van der Waals surface area contributed by atoms with E-state index in [0.717, 1.165) is 31.8 Å². The quantitative estimate of drug-likeness (QED) is 0.734. The number of carbonyl (C=O) groups is 1. The van der Waals surface area contributed by atoms with Gasteiger partial charge in [0.25, 0.3) is 0 Å². The van der Waals surface area contributed by atoms with Crippen LogP contribution in [0.25, 0.3) is 0 Å². The topological polar surface area (TPSA) is 41.1 Å². The van der Waals surface area contributed by atoms with Gasteiger partial charge in [-0.25, -0.2) is 0 Å². The van der Waals surface area contributed by atoms with Crippen LogP contribution < -0.4 is 10.6 Å². The predicted octanol–water partition coefficient (Wildman–Crippen LogP) is 1.29. The lowest BCUT2D eigenvalue weighted by atomic mass is 9.98. The fraction of sp³-hybridized carbons (Fsp3) is 0.917. The van der Waals surface area contributed by atoms with Crippen LogP contribution in [0.15, 0.2) is 0 Å². The molecule has 2 unspecified atom stereocenters. The Labute approximate surface area is 92.0 Å². The van der Waals surface area contributed by atoms with Crippen LogP contribution in [0, 0.1) is 11.8 Å². The number of rotatable bonds is 4. The van der Waals surface area contributed by atoms with Crippen molar-refractivity contribution in [2.75, 3.05) is 13.1 Å². The number of carbonyl (C=O) groups excluding carboxylic acids is 1. The third-order valence-corrected chi connectivity index (χ3v) is 3.88. The molecule has 1 amide bonds. The normalized spacial score (nSPS) is 32.7. The van der Waals surface area contributed by atoms with Crippen LogP contribution >= 0.6 is 0 Å². The maximum atomic E-state index is 11.9. The minimum atomic E-state index is -0.302. The van der Waals surface area contributed by atoms with Gasteiger partial charge in [0.2, 0.25) is 5.91 Å². The summed E-state index contributed by atoms with van der Waals surface area (Å²) in [6, 6.07) is 0. The van der Waals surface area contributed by atoms with Crippen LogP contribution in [0.3, 0.4) is 0 Å². The van der Waals surface area contributed by atoms with Crippen LogP contribution in [-0.2, 0) is 4.79 Å². The van der Waals surface area contributed by atoms with Crippen molar-refractivity contribution in [2.24, 2.45) is 11.8 Å². The Hall–Kier alpha value is -0.570. The van der Waals surface area contributed by atoms with Crippen LogP contribution in [0.4, 0.5) is 0 Å². The highest BCUT2D eigenvalue weighted by molar-refractivity contribution is 5.86. The van der Waals surface area contributed by atoms with E-state index in [1.807, 2.05) is 6.92 Å². The summed E-state index contributed by atoms with van der Waals surface area (Å²) >= 11 is 0.